The topological polar surface area (TPSA) is 58.9 Å². The van der Waals surface area contributed by atoms with Gasteiger partial charge < -0.3 is 19.7 Å². The molecule has 0 amide bonds. The van der Waals surface area contributed by atoms with Crippen LogP contribution in [0.1, 0.15) is 13.8 Å². The van der Waals surface area contributed by atoms with E-state index in [1.165, 1.54) is 0 Å². The number of hydrogen-bond acceptors (Lipinski definition) is 4. The molecule has 1 heterocycles. The van der Waals surface area contributed by atoms with Crippen molar-refractivity contribution >= 4 is 0 Å². The fourth-order valence-corrected chi connectivity index (χ4v) is 1.16. The third-order valence-corrected chi connectivity index (χ3v) is 2.03. The predicted molar refractivity (Wildman–Crippen MR) is 45.8 cm³/mol. The summed E-state index contributed by atoms with van der Waals surface area (Å²) in [4.78, 5) is 0. The number of aliphatic hydroxyl groups is 2. The summed E-state index contributed by atoms with van der Waals surface area (Å²) in [6.07, 6.45) is 4.42. The molecule has 0 aliphatic carbocycles. The van der Waals surface area contributed by atoms with E-state index in [1.54, 1.807) is 13.8 Å². The molecule has 0 unspecified atom stereocenters. The molecule has 1 aliphatic rings. The molecule has 1 fully saturated rings. The number of aliphatic hydroxyl groups excluding tert-OH is 1. The molecule has 2 N–H and O–H groups in total. The van der Waals surface area contributed by atoms with Crippen LogP contribution in [0.15, 0.2) is 0 Å². The Balaban J connectivity index is 2.71. The highest BCUT2D eigenvalue weighted by atomic mass is 16.7. The van der Waals surface area contributed by atoms with E-state index < -0.39 is 24.1 Å². The average molecular weight is 187 g/mol. The number of ether oxygens (including phenoxy) is 2. The number of hydrogen-bond donors (Lipinski definition) is 2. The van der Waals surface area contributed by atoms with Gasteiger partial charge in [0.1, 0.15) is 6.10 Å². The first-order valence-corrected chi connectivity index (χ1v) is 4.06. The first-order chi connectivity index (χ1) is 5.93. The normalized spacial score (nSPS) is 30.8. The largest absolute Gasteiger partial charge is 0.392 e. The van der Waals surface area contributed by atoms with E-state index >= 15 is 0 Å². The molecule has 0 radical (unpaired) electrons. The van der Waals surface area contributed by atoms with Crippen LogP contribution in [0.2, 0.25) is 0 Å². The Morgan fingerprint density at radius 3 is 2.62 bits per heavy atom. The monoisotopic (exact) mass is 187 g/mol. The SMILES string of the molecule is C#[13C][C@](O)(CO)[C@H]1COC(C)(C)O1. The molecule has 4 nitrogen and oxygen atoms in total. The number of rotatable bonds is 2. The molecule has 0 aromatic carbocycles. The molecular formula is C9H14O4. The Labute approximate surface area is 77.5 Å². The zero-order valence-electron chi connectivity index (χ0n) is 7.78. The van der Waals surface area contributed by atoms with Crippen molar-refractivity contribution in [3.63, 3.8) is 0 Å². The highest BCUT2D eigenvalue weighted by Gasteiger charge is 2.44. The summed E-state index contributed by atoms with van der Waals surface area (Å²) in [6.45, 7) is 3.10. The van der Waals surface area contributed by atoms with Gasteiger partial charge in [-0.3, -0.25) is 0 Å². The first-order valence-electron chi connectivity index (χ1n) is 4.06. The van der Waals surface area contributed by atoms with E-state index in [0.717, 1.165) is 0 Å². The third kappa shape index (κ3) is 2.01. The van der Waals surface area contributed by atoms with Crippen molar-refractivity contribution in [3.05, 3.63) is 0 Å². The lowest BCUT2D eigenvalue weighted by Crippen LogP contribution is -2.46. The Bertz CT molecular complexity index is 230. The maximum Gasteiger partial charge on any atom is 0.176 e. The first kappa shape index (κ1) is 10.5. The average Bonchev–Trinajstić information content (AvgIpc) is 2.45. The van der Waals surface area contributed by atoms with Gasteiger partial charge in [0.25, 0.3) is 0 Å². The van der Waals surface area contributed by atoms with Crippen molar-refractivity contribution in [2.45, 2.75) is 31.3 Å². The summed E-state index contributed by atoms with van der Waals surface area (Å²) in [7, 11) is 0. The highest BCUT2D eigenvalue weighted by molar-refractivity contribution is 5.12. The second-order valence-electron chi connectivity index (χ2n) is 3.54. The van der Waals surface area contributed by atoms with E-state index in [1.807, 2.05) is 0 Å². The van der Waals surface area contributed by atoms with Crippen LogP contribution in [-0.2, 0) is 9.47 Å². The molecule has 13 heavy (non-hydrogen) atoms. The molecule has 2 atom stereocenters. The van der Waals surface area contributed by atoms with Crippen molar-refractivity contribution in [1.82, 2.24) is 0 Å². The van der Waals surface area contributed by atoms with Crippen molar-refractivity contribution in [2.75, 3.05) is 13.2 Å². The zero-order chi connectivity index (χ0) is 10.1. The minimum absolute atomic E-state index is 0.189. The van der Waals surface area contributed by atoms with Crippen molar-refractivity contribution in [2.24, 2.45) is 0 Å². The summed E-state index contributed by atoms with van der Waals surface area (Å²) in [5, 5.41) is 18.6. The van der Waals surface area contributed by atoms with Gasteiger partial charge in [0.15, 0.2) is 11.4 Å². The predicted octanol–water partition coefficient (Wildman–Crippen LogP) is -0.506. The minimum Gasteiger partial charge on any atom is -0.392 e. The van der Waals surface area contributed by atoms with Gasteiger partial charge in [-0.1, -0.05) is 5.92 Å². The highest BCUT2D eigenvalue weighted by Crippen LogP contribution is 2.28. The summed E-state index contributed by atoms with van der Waals surface area (Å²) in [5.41, 5.74) is -1.65. The van der Waals surface area contributed by atoms with Gasteiger partial charge in [0.2, 0.25) is 0 Å². The summed E-state index contributed by atoms with van der Waals surface area (Å²) in [6, 6.07) is 0. The van der Waals surface area contributed by atoms with E-state index in [4.69, 9.17) is 21.0 Å². The molecule has 0 aromatic rings. The van der Waals surface area contributed by atoms with E-state index in [2.05, 4.69) is 5.92 Å². The zero-order valence-corrected chi connectivity index (χ0v) is 7.78. The molecule has 0 aromatic heterocycles. The Kier molecular flexibility index (Phi) is 2.64. The fourth-order valence-electron chi connectivity index (χ4n) is 1.16. The van der Waals surface area contributed by atoms with Crippen LogP contribution in [0.25, 0.3) is 0 Å². The van der Waals surface area contributed by atoms with Crippen LogP contribution in [-0.4, -0.2) is 40.9 Å². The van der Waals surface area contributed by atoms with E-state index in [9.17, 15) is 5.11 Å². The van der Waals surface area contributed by atoms with Crippen LogP contribution in [0, 0.1) is 12.3 Å². The van der Waals surface area contributed by atoms with Gasteiger partial charge in [-0.2, -0.15) is 0 Å². The molecule has 74 valence electrons. The van der Waals surface area contributed by atoms with Crippen molar-refractivity contribution in [3.8, 4) is 12.3 Å². The van der Waals surface area contributed by atoms with Crippen LogP contribution in [0.4, 0.5) is 0 Å². The lowest BCUT2D eigenvalue weighted by molar-refractivity contribution is -0.164. The summed E-state index contributed by atoms with van der Waals surface area (Å²) < 4.78 is 10.5. The third-order valence-electron chi connectivity index (χ3n) is 2.03. The minimum atomic E-state index is -1.65. The smallest absolute Gasteiger partial charge is 0.176 e. The summed E-state index contributed by atoms with van der Waals surface area (Å²) in [5.74, 6) is 1.36. The van der Waals surface area contributed by atoms with E-state index in [-0.39, 0.29) is 6.61 Å². The lowest BCUT2D eigenvalue weighted by Gasteiger charge is -2.26. The van der Waals surface area contributed by atoms with Crippen LogP contribution in [0.5, 0.6) is 0 Å². The molecular weight excluding hydrogens is 173 g/mol. The van der Waals surface area contributed by atoms with Gasteiger partial charge in [-0.05, 0) is 13.8 Å². The van der Waals surface area contributed by atoms with Crippen molar-refractivity contribution < 1.29 is 19.7 Å². The van der Waals surface area contributed by atoms with Gasteiger partial charge in [-0.25, -0.2) is 0 Å². The lowest BCUT2D eigenvalue weighted by atomic mass is 10.1. The second-order valence-corrected chi connectivity index (χ2v) is 3.54. The molecule has 0 spiro atoms. The molecule has 0 bridgehead atoms. The van der Waals surface area contributed by atoms with Crippen LogP contribution >= 0.6 is 0 Å². The quantitative estimate of drug-likeness (QED) is 0.452. The molecule has 4 heteroatoms. The van der Waals surface area contributed by atoms with Crippen molar-refractivity contribution in [1.29, 1.82) is 0 Å². The maximum absolute atomic E-state index is 9.67. The second kappa shape index (κ2) is 3.28. The Morgan fingerprint density at radius 2 is 2.31 bits per heavy atom. The molecule has 1 rings (SSSR count). The fraction of sp³-hybridized carbons (Fsp3) is 0.778. The number of terminal acetylenes is 1. The Morgan fingerprint density at radius 1 is 1.69 bits per heavy atom. The standard InChI is InChI=1S/C9H14O4/c1-4-9(11,6-10)7-5-12-8(2,3)13-7/h1,7,10-11H,5-6H2,2-3H3/t7-,9+/m1/s1/i4+1. The summed E-state index contributed by atoms with van der Waals surface area (Å²) >= 11 is 0. The Hall–Kier alpha value is -0.600. The van der Waals surface area contributed by atoms with Gasteiger partial charge in [0, 0.05) is 0 Å². The maximum atomic E-state index is 9.67. The van der Waals surface area contributed by atoms with Gasteiger partial charge in [-0.15, -0.1) is 6.42 Å². The molecule has 1 aliphatic heterocycles. The molecule has 0 saturated carbocycles. The van der Waals surface area contributed by atoms with Gasteiger partial charge in [0.05, 0.1) is 13.2 Å². The van der Waals surface area contributed by atoms with Gasteiger partial charge >= 0.3 is 0 Å². The van der Waals surface area contributed by atoms with Crippen LogP contribution in [0.3, 0.4) is 0 Å². The van der Waals surface area contributed by atoms with E-state index in [0.29, 0.717) is 0 Å². The van der Waals surface area contributed by atoms with Crippen LogP contribution < -0.4 is 0 Å². The molecule has 1 saturated heterocycles.